The van der Waals surface area contributed by atoms with Gasteiger partial charge in [-0.15, -0.1) is 0 Å². The van der Waals surface area contributed by atoms with E-state index >= 15 is 0 Å². The molecule has 1 saturated carbocycles. The lowest BCUT2D eigenvalue weighted by Gasteiger charge is -2.41. The topological polar surface area (TPSA) is 20.2 Å². The van der Waals surface area contributed by atoms with Gasteiger partial charge in [0.05, 0.1) is 6.61 Å². The van der Waals surface area contributed by atoms with E-state index in [1.807, 2.05) is 0 Å². The Bertz CT molecular complexity index is 380. The van der Waals surface area contributed by atoms with Crippen molar-refractivity contribution in [1.29, 1.82) is 0 Å². The molecule has 0 spiro atoms. The summed E-state index contributed by atoms with van der Waals surface area (Å²) in [5.41, 5.74) is -1.20. The minimum absolute atomic E-state index is 0.295. The molecule has 1 fully saturated rings. The van der Waals surface area contributed by atoms with Crippen LogP contribution >= 0.6 is 0 Å². The Morgan fingerprint density at radius 1 is 1.13 bits per heavy atom. The van der Waals surface area contributed by atoms with Gasteiger partial charge in [-0.2, -0.15) is 0 Å². The van der Waals surface area contributed by atoms with E-state index in [1.165, 1.54) is 0 Å². The molecule has 0 amide bonds. The first-order valence-electron chi connectivity index (χ1n) is 4.85. The zero-order valence-corrected chi connectivity index (χ0v) is 8.06. The van der Waals surface area contributed by atoms with Crippen LogP contribution in [0.25, 0.3) is 0 Å². The van der Waals surface area contributed by atoms with Crippen LogP contribution in [0.3, 0.4) is 0 Å². The van der Waals surface area contributed by atoms with Gasteiger partial charge in [-0.1, -0.05) is 6.42 Å². The summed E-state index contributed by atoms with van der Waals surface area (Å²) in [6.07, 6.45) is 1.80. The highest BCUT2D eigenvalue weighted by Crippen LogP contribution is 2.45. The van der Waals surface area contributed by atoms with Gasteiger partial charge in [-0.25, -0.2) is 13.2 Å². The summed E-state index contributed by atoms with van der Waals surface area (Å²) in [6.45, 7) is -0.343. The van der Waals surface area contributed by atoms with Gasteiger partial charge < -0.3 is 5.11 Å². The molecule has 0 bridgehead atoms. The number of benzene rings is 1. The molecule has 1 aromatic rings. The Morgan fingerprint density at radius 3 is 2.20 bits per heavy atom. The lowest BCUT2D eigenvalue weighted by atomic mass is 9.64. The Hall–Kier alpha value is -1.03. The predicted octanol–water partition coefficient (Wildman–Crippen LogP) is 2.52. The van der Waals surface area contributed by atoms with Crippen molar-refractivity contribution >= 4 is 0 Å². The first-order valence-corrected chi connectivity index (χ1v) is 4.85. The maximum absolute atomic E-state index is 13.4. The third kappa shape index (κ3) is 1.44. The van der Waals surface area contributed by atoms with Gasteiger partial charge in [0.2, 0.25) is 0 Å². The van der Waals surface area contributed by atoms with Gasteiger partial charge >= 0.3 is 0 Å². The molecule has 2 rings (SSSR count). The van der Waals surface area contributed by atoms with Crippen molar-refractivity contribution in [1.82, 2.24) is 0 Å². The van der Waals surface area contributed by atoms with E-state index in [2.05, 4.69) is 0 Å². The molecular formula is C11H11F3O. The molecule has 1 aliphatic rings. The summed E-state index contributed by atoms with van der Waals surface area (Å²) in [7, 11) is 0. The molecule has 1 N–H and O–H groups in total. The Labute approximate surface area is 85.5 Å². The van der Waals surface area contributed by atoms with E-state index in [0.717, 1.165) is 18.6 Å². The number of hydrogen-bond donors (Lipinski definition) is 1. The van der Waals surface area contributed by atoms with Crippen LogP contribution in [0.1, 0.15) is 24.8 Å². The van der Waals surface area contributed by atoms with E-state index in [4.69, 9.17) is 0 Å². The fourth-order valence-corrected chi connectivity index (χ4v) is 2.10. The van der Waals surface area contributed by atoms with E-state index in [0.29, 0.717) is 12.8 Å². The molecule has 0 unspecified atom stereocenters. The van der Waals surface area contributed by atoms with Crippen LogP contribution in [-0.2, 0) is 5.41 Å². The largest absolute Gasteiger partial charge is 0.395 e. The van der Waals surface area contributed by atoms with Gasteiger partial charge in [0, 0.05) is 11.0 Å². The van der Waals surface area contributed by atoms with Crippen LogP contribution in [0.15, 0.2) is 12.1 Å². The third-order valence-corrected chi connectivity index (χ3v) is 3.19. The van der Waals surface area contributed by atoms with Crippen molar-refractivity contribution in [3.8, 4) is 0 Å². The zero-order valence-electron chi connectivity index (χ0n) is 8.06. The van der Waals surface area contributed by atoms with Crippen molar-refractivity contribution in [3.63, 3.8) is 0 Å². The normalized spacial score (nSPS) is 18.7. The molecule has 82 valence electrons. The second-order valence-electron chi connectivity index (χ2n) is 4.01. The minimum atomic E-state index is -1.16. The summed E-state index contributed by atoms with van der Waals surface area (Å²) < 4.78 is 39.8. The summed E-state index contributed by atoms with van der Waals surface area (Å²) in [4.78, 5) is 0. The molecule has 1 aliphatic carbocycles. The zero-order chi connectivity index (χ0) is 11.1. The van der Waals surface area contributed by atoms with Crippen LogP contribution in [0, 0.1) is 17.5 Å². The highest BCUT2D eigenvalue weighted by Gasteiger charge is 2.42. The van der Waals surface area contributed by atoms with Crippen molar-refractivity contribution in [2.45, 2.75) is 24.7 Å². The van der Waals surface area contributed by atoms with Crippen molar-refractivity contribution < 1.29 is 18.3 Å². The number of hydrogen-bond acceptors (Lipinski definition) is 1. The average Bonchev–Trinajstić information content (AvgIpc) is 2.16. The average molecular weight is 216 g/mol. The third-order valence-electron chi connectivity index (χ3n) is 3.19. The lowest BCUT2D eigenvalue weighted by Crippen LogP contribution is -2.40. The number of aliphatic hydroxyl groups excluding tert-OH is 1. The van der Waals surface area contributed by atoms with Gasteiger partial charge in [0.1, 0.15) is 5.82 Å². The van der Waals surface area contributed by atoms with Gasteiger partial charge in [0.25, 0.3) is 0 Å². The lowest BCUT2D eigenvalue weighted by molar-refractivity contribution is 0.112. The highest BCUT2D eigenvalue weighted by molar-refractivity contribution is 5.32. The summed E-state index contributed by atoms with van der Waals surface area (Å²) >= 11 is 0. The minimum Gasteiger partial charge on any atom is -0.395 e. The molecular weight excluding hydrogens is 205 g/mol. The second-order valence-corrected chi connectivity index (χ2v) is 4.01. The van der Waals surface area contributed by atoms with Crippen LogP contribution in [0.2, 0.25) is 0 Å². The highest BCUT2D eigenvalue weighted by atomic mass is 19.2. The number of aliphatic hydroxyl groups is 1. The quantitative estimate of drug-likeness (QED) is 0.753. The first kappa shape index (κ1) is 10.5. The van der Waals surface area contributed by atoms with E-state index < -0.39 is 22.9 Å². The predicted molar refractivity (Wildman–Crippen MR) is 48.9 cm³/mol. The fourth-order valence-electron chi connectivity index (χ4n) is 2.10. The number of halogens is 3. The molecule has 0 radical (unpaired) electrons. The molecule has 0 aromatic heterocycles. The standard InChI is InChI=1S/C11H11F3O/c12-7-2-3-8(13)10(14)9(7)11(6-15)4-1-5-11/h2-3,15H,1,4-6H2. The van der Waals surface area contributed by atoms with E-state index in [1.54, 1.807) is 0 Å². The Morgan fingerprint density at radius 2 is 1.73 bits per heavy atom. The summed E-state index contributed by atoms with van der Waals surface area (Å²) in [5, 5.41) is 9.17. The van der Waals surface area contributed by atoms with Crippen LogP contribution in [0.5, 0.6) is 0 Å². The van der Waals surface area contributed by atoms with Crippen LogP contribution in [-0.4, -0.2) is 11.7 Å². The van der Waals surface area contributed by atoms with Crippen LogP contribution < -0.4 is 0 Å². The smallest absolute Gasteiger partial charge is 0.165 e. The molecule has 0 atom stereocenters. The summed E-state index contributed by atoms with van der Waals surface area (Å²) in [6, 6.07) is 1.67. The van der Waals surface area contributed by atoms with E-state index in [9.17, 15) is 18.3 Å². The van der Waals surface area contributed by atoms with Gasteiger partial charge in [0.15, 0.2) is 11.6 Å². The monoisotopic (exact) mass is 216 g/mol. The molecule has 15 heavy (non-hydrogen) atoms. The molecule has 0 heterocycles. The molecule has 4 heteroatoms. The first-order chi connectivity index (χ1) is 7.10. The summed E-state index contributed by atoms with van der Waals surface area (Å²) in [5.74, 6) is -3.00. The fraction of sp³-hybridized carbons (Fsp3) is 0.455. The van der Waals surface area contributed by atoms with E-state index in [-0.39, 0.29) is 12.2 Å². The van der Waals surface area contributed by atoms with Crippen molar-refractivity contribution in [2.75, 3.05) is 6.61 Å². The molecule has 1 aromatic carbocycles. The molecule has 0 aliphatic heterocycles. The molecule has 0 saturated heterocycles. The second kappa shape index (κ2) is 3.52. The maximum Gasteiger partial charge on any atom is 0.165 e. The Balaban J connectivity index is 2.55. The van der Waals surface area contributed by atoms with Gasteiger partial charge in [-0.3, -0.25) is 0 Å². The SMILES string of the molecule is OCC1(c2c(F)ccc(F)c2F)CCC1. The van der Waals surface area contributed by atoms with Crippen LogP contribution in [0.4, 0.5) is 13.2 Å². The number of rotatable bonds is 2. The van der Waals surface area contributed by atoms with Crippen molar-refractivity contribution in [2.24, 2.45) is 0 Å². The molecule has 1 nitrogen and oxygen atoms in total. The van der Waals surface area contributed by atoms with Gasteiger partial charge in [-0.05, 0) is 25.0 Å². The van der Waals surface area contributed by atoms with Crippen molar-refractivity contribution in [3.05, 3.63) is 35.1 Å². The Kier molecular flexibility index (Phi) is 2.46. The maximum atomic E-state index is 13.4.